The first-order valence-corrected chi connectivity index (χ1v) is 39.6. The fourth-order valence-corrected chi connectivity index (χ4v) is 32.7. The van der Waals surface area contributed by atoms with Crippen molar-refractivity contribution in [3.05, 3.63) is 0 Å². The Labute approximate surface area is 281 Å². The van der Waals surface area contributed by atoms with Gasteiger partial charge in [-0.05, 0) is 74.2 Å². The maximum atomic E-state index is 6.58. The summed E-state index contributed by atoms with van der Waals surface area (Å²) < 4.78 is 5.66. The van der Waals surface area contributed by atoms with Crippen LogP contribution < -0.4 is 0 Å². The summed E-state index contributed by atoms with van der Waals surface area (Å²) >= 11 is 41.4. The molecule has 2 unspecified atom stereocenters. The molecule has 0 N–H and O–H groups in total. The fourth-order valence-electron chi connectivity index (χ4n) is 5.84. The Balaban J connectivity index is 4.86. The molecule has 0 rings (SSSR count). The van der Waals surface area contributed by atoms with E-state index in [1.807, 2.05) is 11.8 Å². The highest BCUT2D eigenvalue weighted by Gasteiger charge is 2.39. The van der Waals surface area contributed by atoms with Crippen LogP contribution in [0.25, 0.3) is 0 Å². The van der Waals surface area contributed by atoms with Crippen LogP contribution in [0, 0.1) is 0 Å². The van der Waals surface area contributed by atoms with E-state index in [9.17, 15) is 0 Å². The number of nitrogens with zero attached hydrogens (tertiary/aromatic N) is 2. The molecule has 39 heavy (non-hydrogen) atoms. The van der Waals surface area contributed by atoms with Crippen molar-refractivity contribution in [2.75, 3.05) is 24.6 Å². The van der Waals surface area contributed by atoms with E-state index < -0.39 is 44.9 Å². The minimum Gasteiger partial charge on any atom is -0.346 e. The minimum absolute atomic E-state index is 0.201. The first kappa shape index (κ1) is 42.3. The van der Waals surface area contributed by atoms with Crippen LogP contribution >= 0.6 is 78.2 Å². The van der Waals surface area contributed by atoms with E-state index >= 15 is 0 Å². The highest BCUT2D eigenvalue weighted by atomic mass is 35.8. The molecule has 0 heterocycles. The monoisotopic (exact) mass is 784 g/mol. The van der Waals surface area contributed by atoms with Gasteiger partial charge in [-0.25, -0.2) is 0 Å². The van der Waals surface area contributed by atoms with Crippen LogP contribution in [0.2, 0.25) is 89.6 Å². The maximum Gasteiger partial charge on any atom is 0.344 e. The molecule has 0 aliphatic heterocycles. The second kappa shape index (κ2) is 17.3. The van der Waals surface area contributed by atoms with Crippen molar-refractivity contribution < 1.29 is 0 Å². The molecule has 0 aliphatic rings. The molecule has 0 saturated carbocycles. The van der Waals surface area contributed by atoms with E-state index in [4.69, 9.17) is 66.5 Å². The molecule has 0 aliphatic carbocycles. The average molecular weight is 788 g/mol. The summed E-state index contributed by atoms with van der Waals surface area (Å²) in [6.07, 6.45) is 6.15. The average Bonchev–Trinajstić information content (AvgIpc) is 2.64. The Morgan fingerprint density at radius 2 is 0.718 bits per heavy atom. The molecule has 0 radical (unpaired) electrons. The van der Waals surface area contributed by atoms with Crippen molar-refractivity contribution in [1.29, 1.82) is 0 Å². The van der Waals surface area contributed by atoms with Crippen molar-refractivity contribution in [2.45, 2.75) is 128 Å². The Kier molecular flexibility index (Phi) is 18.8. The number of thioether (sulfide) groups is 1. The molecule has 236 valence electrons. The van der Waals surface area contributed by atoms with E-state index in [2.05, 4.69) is 87.0 Å². The summed E-state index contributed by atoms with van der Waals surface area (Å²) in [5.74, 6) is 2.01. The molecule has 0 aromatic rings. The topological polar surface area (TPSA) is 6.48 Å². The van der Waals surface area contributed by atoms with Crippen LogP contribution in [0.15, 0.2) is 0 Å². The van der Waals surface area contributed by atoms with Crippen LogP contribution in [-0.4, -0.2) is 78.0 Å². The van der Waals surface area contributed by atoms with Gasteiger partial charge in [-0.3, -0.25) is 0 Å². The number of hydrogen-bond acceptors (Lipinski definition) is 3. The van der Waals surface area contributed by atoms with Crippen LogP contribution in [-0.2, 0) is 0 Å². The van der Waals surface area contributed by atoms with Gasteiger partial charge in [0.05, 0.1) is 0 Å². The second-order valence-electron chi connectivity index (χ2n) is 14.9. The predicted octanol–water partition coefficient (Wildman–Crippen LogP) is 12.1. The summed E-state index contributed by atoms with van der Waals surface area (Å²) in [4.78, 5) is 0. The molecule has 0 aromatic heterocycles. The highest BCUT2D eigenvalue weighted by molar-refractivity contribution is 7.99. The van der Waals surface area contributed by atoms with Crippen molar-refractivity contribution in [2.24, 2.45) is 0 Å². The van der Waals surface area contributed by atoms with Crippen molar-refractivity contribution >= 4 is 123 Å². The van der Waals surface area contributed by atoms with Crippen molar-refractivity contribution in [3.63, 3.8) is 0 Å². The Hall–Kier alpha value is 3.31. The first-order chi connectivity index (χ1) is 17.2. The Morgan fingerprint density at radius 3 is 0.923 bits per heavy atom. The van der Waals surface area contributed by atoms with Gasteiger partial charge in [-0.15, -0.1) is 66.5 Å². The van der Waals surface area contributed by atoms with Gasteiger partial charge in [0.15, 0.2) is 0 Å². The highest BCUT2D eigenvalue weighted by Crippen LogP contribution is 2.43. The SMILES string of the molecule is C[Si](C)(C)N(CCCC(CCSCCC(CCCN([Si](C)(C)C)[Si](C)(C)C)[Si](Cl)(Cl)Cl)[Si](Cl)(Cl)Cl)[Si](C)(C)C. The Bertz CT molecular complexity index is 614. The van der Waals surface area contributed by atoms with Gasteiger partial charge in [0, 0.05) is 0 Å². The standard InChI is InChI=1S/C24H58Cl6N2SSi6/c1-34(2,3)31(35(4,5)6)19-13-15-23(38(25,26)27)17-21-33-22-18-24(39(28,29)30)16-14-20-32(36(7,8)9)37(10,11)12/h23-24H,13-22H2,1-12H3. The third kappa shape index (κ3) is 18.1. The molecule has 0 fully saturated rings. The summed E-state index contributed by atoms with van der Waals surface area (Å²) in [6.45, 7) is 31.7. The van der Waals surface area contributed by atoms with Crippen LogP contribution in [0.3, 0.4) is 0 Å². The zero-order valence-corrected chi connectivity index (χ0v) is 38.1. The molecular formula is C24H58Cl6N2SSi6. The second-order valence-corrected chi connectivity index (χ2v) is 54.6. The van der Waals surface area contributed by atoms with Crippen molar-refractivity contribution in [3.8, 4) is 0 Å². The van der Waals surface area contributed by atoms with Gasteiger partial charge >= 0.3 is 12.0 Å². The van der Waals surface area contributed by atoms with Gasteiger partial charge in [0.25, 0.3) is 0 Å². The fraction of sp³-hybridized carbons (Fsp3) is 1.00. The lowest BCUT2D eigenvalue weighted by molar-refractivity contribution is 0.544. The van der Waals surface area contributed by atoms with Gasteiger partial charge in [-0.1, -0.05) is 78.6 Å². The first-order valence-electron chi connectivity index (χ1n) is 14.4. The van der Waals surface area contributed by atoms with E-state index in [1.54, 1.807) is 0 Å². The number of hydrogen-bond donors (Lipinski definition) is 0. The predicted molar refractivity (Wildman–Crippen MR) is 206 cm³/mol. The van der Waals surface area contributed by atoms with E-state index in [-0.39, 0.29) is 11.1 Å². The summed E-state index contributed by atoms with van der Waals surface area (Å²) in [6, 6.07) is -5.54. The molecule has 0 bridgehead atoms. The zero-order chi connectivity index (χ0) is 31.1. The molecule has 15 heteroatoms. The quantitative estimate of drug-likeness (QED) is 0.0689. The molecular weight excluding hydrogens is 730 g/mol. The lowest BCUT2D eigenvalue weighted by atomic mass is 10.2. The number of rotatable bonds is 20. The third-order valence-electron chi connectivity index (χ3n) is 7.25. The van der Waals surface area contributed by atoms with E-state index in [0.717, 1.165) is 63.1 Å². The van der Waals surface area contributed by atoms with E-state index in [0.29, 0.717) is 0 Å². The van der Waals surface area contributed by atoms with Crippen LogP contribution in [0.5, 0.6) is 0 Å². The summed E-state index contributed by atoms with van der Waals surface area (Å²) in [5.41, 5.74) is 0.403. The molecule has 2 atom stereocenters. The summed E-state index contributed by atoms with van der Waals surface area (Å²) in [7, 11) is -5.45. The minimum atomic E-state index is -2.77. The third-order valence-corrected chi connectivity index (χ3v) is 32.3. The van der Waals surface area contributed by atoms with Gasteiger partial charge in [0.1, 0.15) is 32.9 Å². The van der Waals surface area contributed by atoms with Crippen molar-refractivity contribution in [1.82, 2.24) is 8.46 Å². The molecule has 0 saturated heterocycles. The lowest BCUT2D eigenvalue weighted by Crippen LogP contribution is -2.59. The number of halogens is 6. The largest absolute Gasteiger partial charge is 0.346 e. The van der Waals surface area contributed by atoms with Gasteiger partial charge in [-0.2, -0.15) is 11.8 Å². The van der Waals surface area contributed by atoms with Gasteiger partial charge < -0.3 is 8.46 Å². The molecule has 2 nitrogen and oxygen atoms in total. The Morgan fingerprint density at radius 1 is 0.462 bits per heavy atom. The van der Waals surface area contributed by atoms with Crippen LogP contribution in [0.1, 0.15) is 38.5 Å². The molecule has 0 amide bonds. The smallest absolute Gasteiger partial charge is 0.344 e. The zero-order valence-electron chi connectivity index (χ0n) is 26.8. The van der Waals surface area contributed by atoms with Gasteiger partial charge in [0.2, 0.25) is 0 Å². The normalized spacial score (nSPS) is 16.3. The summed E-state index contributed by atoms with van der Waals surface area (Å²) in [5, 5.41) is 0. The molecule has 0 spiro atoms. The van der Waals surface area contributed by atoms with Crippen LogP contribution in [0.4, 0.5) is 0 Å². The molecule has 0 aromatic carbocycles. The van der Waals surface area contributed by atoms with E-state index in [1.165, 1.54) is 0 Å². The lowest BCUT2D eigenvalue weighted by Gasteiger charge is -2.44. The maximum absolute atomic E-state index is 6.58.